The molecular weight excluding hydrogens is 248 g/mol. The number of carbonyl (C=O) groups excluding carboxylic acids is 1. The summed E-state index contributed by atoms with van der Waals surface area (Å²) >= 11 is 0. The molecule has 0 aliphatic carbocycles. The van der Waals surface area contributed by atoms with Crippen LogP contribution in [0.3, 0.4) is 0 Å². The Bertz CT molecular complexity index is 373. The number of hydrogen-bond donors (Lipinski definition) is 1. The highest BCUT2D eigenvalue weighted by Crippen LogP contribution is 2.10. The molecule has 0 atom stereocenters. The molecule has 3 nitrogen and oxygen atoms in total. The molecule has 1 aromatic heterocycles. The Morgan fingerprint density at radius 1 is 1.05 bits per heavy atom. The van der Waals surface area contributed by atoms with Gasteiger partial charge in [0.1, 0.15) is 5.82 Å². The van der Waals surface area contributed by atoms with E-state index in [1.165, 1.54) is 38.5 Å². The normalized spacial score (nSPS) is 10.5. The monoisotopic (exact) mass is 276 g/mol. The summed E-state index contributed by atoms with van der Waals surface area (Å²) in [6.45, 7) is 4.22. The van der Waals surface area contributed by atoms with Crippen LogP contribution in [0.15, 0.2) is 18.3 Å². The molecule has 0 saturated heterocycles. The highest BCUT2D eigenvalue weighted by molar-refractivity contribution is 5.89. The summed E-state index contributed by atoms with van der Waals surface area (Å²) in [5, 5.41) is 2.84. The van der Waals surface area contributed by atoms with Gasteiger partial charge in [-0.2, -0.15) is 0 Å². The van der Waals surface area contributed by atoms with E-state index in [4.69, 9.17) is 0 Å². The zero-order valence-corrected chi connectivity index (χ0v) is 13.0. The van der Waals surface area contributed by atoms with Gasteiger partial charge >= 0.3 is 0 Å². The van der Waals surface area contributed by atoms with Crippen LogP contribution in [0.2, 0.25) is 0 Å². The molecule has 1 N–H and O–H groups in total. The van der Waals surface area contributed by atoms with E-state index in [0.717, 1.165) is 18.4 Å². The van der Waals surface area contributed by atoms with Crippen molar-refractivity contribution in [3.63, 3.8) is 0 Å². The Balaban J connectivity index is 2.01. The van der Waals surface area contributed by atoms with Crippen LogP contribution in [-0.2, 0) is 4.79 Å². The lowest BCUT2D eigenvalue weighted by atomic mass is 10.1. The highest BCUT2D eigenvalue weighted by Gasteiger charge is 2.02. The minimum atomic E-state index is 0.0762. The quantitative estimate of drug-likeness (QED) is 0.620. The lowest BCUT2D eigenvalue weighted by molar-refractivity contribution is -0.116. The van der Waals surface area contributed by atoms with Crippen LogP contribution < -0.4 is 5.32 Å². The van der Waals surface area contributed by atoms with Gasteiger partial charge in [0.15, 0.2) is 0 Å². The molecule has 112 valence electrons. The SMILES string of the molecule is CCCCCCCCCCC(=O)Nc1ccc(C)cn1. The van der Waals surface area contributed by atoms with Crippen molar-refractivity contribution in [1.29, 1.82) is 0 Å². The standard InChI is InChI=1S/C17H28N2O/c1-3-4-5-6-7-8-9-10-11-17(20)19-16-13-12-15(2)14-18-16/h12-14H,3-11H2,1-2H3,(H,18,19,20). The fourth-order valence-corrected chi connectivity index (χ4v) is 2.17. The minimum absolute atomic E-state index is 0.0762. The molecule has 1 amide bonds. The lowest BCUT2D eigenvalue weighted by Gasteiger charge is -2.05. The number of aromatic nitrogens is 1. The van der Waals surface area contributed by atoms with Crippen molar-refractivity contribution in [3.05, 3.63) is 23.9 Å². The third-order valence-corrected chi connectivity index (χ3v) is 3.44. The van der Waals surface area contributed by atoms with Crippen LogP contribution in [-0.4, -0.2) is 10.9 Å². The molecule has 0 spiro atoms. The van der Waals surface area contributed by atoms with Gasteiger partial charge in [-0.05, 0) is 25.0 Å². The number of rotatable bonds is 10. The van der Waals surface area contributed by atoms with E-state index >= 15 is 0 Å². The zero-order valence-electron chi connectivity index (χ0n) is 13.0. The number of anilines is 1. The summed E-state index contributed by atoms with van der Waals surface area (Å²) in [5.41, 5.74) is 1.10. The van der Waals surface area contributed by atoms with E-state index < -0.39 is 0 Å². The Morgan fingerprint density at radius 2 is 1.70 bits per heavy atom. The molecule has 3 heteroatoms. The first-order valence-electron chi connectivity index (χ1n) is 7.95. The van der Waals surface area contributed by atoms with Crippen molar-refractivity contribution >= 4 is 11.7 Å². The first-order chi connectivity index (χ1) is 9.72. The average Bonchev–Trinajstić information content (AvgIpc) is 2.44. The summed E-state index contributed by atoms with van der Waals surface area (Å²) in [4.78, 5) is 15.9. The number of pyridine rings is 1. The van der Waals surface area contributed by atoms with E-state index in [2.05, 4.69) is 17.2 Å². The molecule has 20 heavy (non-hydrogen) atoms. The molecule has 0 saturated carbocycles. The molecule has 0 aromatic carbocycles. The fraction of sp³-hybridized carbons (Fsp3) is 0.647. The molecular formula is C17H28N2O. The van der Waals surface area contributed by atoms with Gasteiger partial charge in [-0.15, -0.1) is 0 Å². The summed E-state index contributed by atoms with van der Waals surface area (Å²) in [5.74, 6) is 0.729. The first-order valence-corrected chi connectivity index (χ1v) is 7.95. The van der Waals surface area contributed by atoms with Gasteiger partial charge in [-0.1, -0.05) is 57.9 Å². The summed E-state index contributed by atoms with van der Waals surface area (Å²) < 4.78 is 0. The Labute approximate surface area is 123 Å². The maximum atomic E-state index is 11.7. The van der Waals surface area contributed by atoms with Gasteiger partial charge in [-0.3, -0.25) is 4.79 Å². The lowest BCUT2D eigenvalue weighted by Crippen LogP contribution is -2.12. The molecule has 0 aliphatic rings. The second-order valence-corrected chi connectivity index (χ2v) is 5.49. The average molecular weight is 276 g/mol. The fourth-order valence-electron chi connectivity index (χ4n) is 2.17. The Hall–Kier alpha value is -1.38. The first kappa shape index (κ1) is 16.7. The number of hydrogen-bond acceptors (Lipinski definition) is 2. The Morgan fingerprint density at radius 3 is 2.30 bits per heavy atom. The van der Waals surface area contributed by atoms with E-state index in [9.17, 15) is 4.79 Å². The number of unbranched alkanes of at least 4 members (excludes halogenated alkanes) is 7. The molecule has 1 aromatic rings. The van der Waals surface area contributed by atoms with Gasteiger partial charge in [0.05, 0.1) is 0 Å². The highest BCUT2D eigenvalue weighted by atomic mass is 16.1. The molecule has 0 radical (unpaired) electrons. The molecule has 1 heterocycles. The topological polar surface area (TPSA) is 42.0 Å². The molecule has 0 unspecified atom stereocenters. The van der Waals surface area contributed by atoms with Crippen LogP contribution in [0.1, 0.15) is 70.3 Å². The maximum Gasteiger partial charge on any atom is 0.225 e. The van der Waals surface area contributed by atoms with Gasteiger partial charge in [0.25, 0.3) is 0 Å². The number of nitrogens with one attached hydrogen (secondary N) is 1. The molecule has 0 fully saturated rings. The molecule has 0 bridgehead atoms. The van der Waals surface area contributed by atoms with Crippen LogP contribution in [0.25, 0.3) is 0 Å². The van der Waals surface area contributed by atoms with E-state index in [1.54, 1.807) is 6.20 Å². The predicted molar refractivity (Wildman–Crippen MR) is 84.8 cm³/mol. The summed E-state index contributed by atoms with van der Waals surface area (Å²) in [6.07, 6.45) is 12.4. The molecule has 0 aliphatic heterocycles. The number of aryl methyl sites for hydroxylation is 1. The molecule has 1 rings (SSSR count). The van der Waals surface area contributed by atoms with Crippen LogP contribution in [0.5, 0.6) is 0 Å². The van der Waals surface area contributed by atoms with Crippen molar-refractivity contribution in [1.82, 2.24) is 4.98 Å². The van der Waals surface area contributed by atoms with Gasteiger partial charge in [0, 0.05) is 12.6 Å². The van der Waals surface area contributed by atoms with Crippen molar-refractivity contribution in [2.24, 2.45) is 0 Å². The van der Waals surface area contributed by atoms with Crippen molar-refractivity contribution in [2.75, 3.05) is 5.32 Å². The second-order valence-electron chi connectivity index (χ2n) is 5.49. The van der Waals surface area contributed by atoms with E-state index in [0.29, 0.717) is 12.2 Å². The smallest absolute Gasteiger partial charge is 0.225 e. The third kappa shape index (κ3) is 7.93. The largest absolute Gasteiger partial charge is 0.311 e. The number of nitrogens with zero attached hydrogens (tertiary/aromatic N) is 1. The minimum Gasteiger partial charge on any atom is -0.311 e. The van der Waals surface area contributed by atoms with Crippen LogP contribution in [0, 0.1) is 6.92 Å². The predicted octanol–water partition coefficient (Wildman–Crippen LogP) is 4.86. The zero-order chi connectivity index (χ0) is 14.6. The van der Waals surface area contributed by atoms with Crippen molar-refractivity contribution in [3.8, 4) is 0 Å². The van der Waals surface area contributed by atoms with E-state index in [1.807, 2.05) is 19.1 Å². The van der Waals surface area contributed by atoms with Gasteiger partial charge in [-0.25, -0.2) is 4.98 Å². The van der Waals surface area contributed by atoms with Gasteiger partial charge in [0.2, 0.25) is 5.91 Å². The maximum absolute atomic E-state index is 11.7. The van der Waals surface area contributed by atoms with Crippen LogP contribution >= 0.6 is 0 Å². The van der Waals surface area contributed by atoms with Crippen LogP contribution in [0.4, 0.5) is 5.82 Å². The summed E-state index contributed by atoms with van der Waals surface area (Å²) in [6, 6.07) is 3.81. The van der Waals surface area contributed by atoms with Crippen molar-refractivity contribution < 1.29 is 4.79 Å². The Kier molecular flexibility index (Phi) is 8.68. The van der Waals surface area contributed by atoms with Crippen molar-refractivity contribution in [2.45, 2.75) is 71.6 Å². The summed E-state index contributed by atoms with van der Waals surface area (Å²) in [7, 11) is 0. The number of amides is 1. The third-order valence-electron chi connectivity index (χ3n) is 3.44. The second kappa shape index (κ2) is 10.4. The van der Waals surface area contributed by atoms with Gasteiger partial charge < -0.3 is 5.32 Å². The number of carbonyl (C=O) groups is 1. The van der Waals surface area contributed by atoms with E-state index in [-0.39, 0.29) is 5.91 Å².